The highest BCUT2D eigenvalue weighted by Crippen LogP contribution is 2.00. The molecular formula is C4H2BrN3O3. The van der Waals surface area contributed by atoms with Crippen LogP contribution in [0.3, 0.4) is 0 Å². The van der Waals surface area contributed by atoms with Crippen LogP contribution in [0.2, 0.25) is 0 Å². The van der Waals surface area contributed by atoms with Crippen molar-refractivity contribution in [3.05, 3.63) is 11.9 Å². The molecule has 0 atom stereocenters. The minimum Gasteiger partial charge on any atom is -0.410 e. The zero-order valence-corrected chi connectivity index (χ0v) is 6.65. The molecule has 6 nitrogen and oxygen atoms in total. The molecule has 58 valence electrons. The molecule has 7 heteroatoms. The van der Waals surface area contributed by atoms with Crippen LogP contribution < -0.4 is 0 Å². The summed E-state index contributed by atoms with van der Waals surface area (Å²) < 4.78 is 3.91. The zero-order chi connectivity index (χ0) is 8.27. The Labute approximate surface area is 69.0 Å². The Morgan fingerprint density at radius 3 is 3.00 bits per heavy atom. The van der Waals surface area contributed by atoms with Crippen LogP contribution in [0.25, 0.3) is 0 Å². The van der Waals surface area contributed by atoms with E-state index in [0.29, 0.717) is 0 Å². The lowest BCUT2D eigenvalue weighted by molar-refractivity contribution is 0.105. The van der Waals surface area contributed by atoms with Crippen LogP contribution in [-0.4, -0.2) is 25.9 Å². The van der Waals surface area contributed by atoms with E-state index in [4.69, 9.17) is 5.21 Å². The van der Waals surface area contributed by atoms with Gasteiger partial charge >= 0.3 is 0 Å². The van der Waals surface area contributed by atoms with Gasteiger partial charge in [-0.05, 0) is 21.1 Å². The molecule has 0 aliphatic rings. The van der Waals surface area contributed by atoms with Crippen LogP contribution in [0.1, 0.15) is 10.5 Å². The van der Waals surface area contributed by atoms with E-state index in [1.165, 1.54) is 0 Å². The Bertz CT molecular complexity index is 281. The van der Waals surface area contributed by atoms with Gasteiger partial charge in [-0.3, -0.25) is 4.79 Å². The van der Waals surface area contributed by atoms with E-state index in [2.05, 4.69) is 36.0 Å². The number of rotatable bonds is 2. The standard InChI is InChI=1S/C4H2BrN3O3/c5-4(7-10)3(9)2-1-6-11-8-2/h1,10H. The second-order valence-electron chi connectivity index (χ2n) is 1.51. The zero-order valence-electron chi connectivity index (χ0n) is 5.06. The van der Waals surface area contributed by atoms with Crippen molar-refractivity contribution < 1.29 is 14.6 Å². The molecule has 1 N–H and O–H groups in total. The molecule has 0 aliphatic carbocycles. The Morgan fingerprint density at radius 1 is 1.82 bits per heavy atom. The van der Waals surface area contributed by atoms with E-state index >= 15 is 0 Å². The third kappa shape index (κ3) is 1.61. The van der Waals surface area contributed by atoms with Gasteiger partial charge in [0, 0.05) is 0 Å². The molecule has 0 fully saturated rings. The molecule has 0 amide bonds. The van der Waals surface area contributed by atoms with Gasteiger partial charge in [0.25, 0.3) is 0 Å². The van der Waals surface area contributed by atoms with E-state index in [0.717, 1.165) is 6.20 Å². The van der Waals surface area contributed by atoms with Gasteiger partial charge in [0.2, 0.25) is 5.78 Å². The first-order chi connectivity index (χ1) is 5.25. The van der Waals surface area contributed by atoms with Gasteiger partial charge in [-0.15, -0.1) is 0 Å². The van der Waals surface area contributed by atoms with Crippen molar-refractivity contribution in [1.29, 1.82) is 0 Å². The second-order valence-corrected chi connectivity index (χ2v) is 2.26. The van der Waals surface area contributed by atoms with E-state index in [9.17, 15) is 4.79 Å². The molecular weight excluding hydrogens is 218 g/mol. The van der Waals surface area contributed by atoms with Crippen molar-refractivity contribution in [3.8, 4) is 0 Å². The fourth-order valence-corrected chi connectivity index (χ4v) is 0.619. The summed E-state index contributed by atoms with van der Waals surface area (Å²) in [5.41, 5.74) is -0.0188. The number of carbonyl (C=O) groups excluding carboxylic acids is 1. The number of aromatic nitrogens is 2. The van der Waals surface area contributed by atoms with Gasteiger partial charge in [-0.25, -0.2) is 4.63 Å². The van der Waals surface area contributed by atoms with Crippen molar-refractivity contribution in [2.75, 3.05) is 0 Å². The predicted molar refractivity (Wildman–Crippen MR) is 36.8 cm³/mol. The Morgan fingerprint density at radius 2 is 2.55 bits per heavy atom. The van der Waals surface area contributed by atoms with Gasteiger partial charge in [-0.2, -0.15) is 0 Å². The lowest BCUT2D eigenvalue weighted by Crippen LogP contribution is -2.07. The van der Waals surface area contributed by atoms with Crippen LogP contribution in [0, 0.1) is 0 Å². The fraction of sp³-hybridized carbons (Fsp3) is 0. The number of Topliss-reactive ketones (excluding diaryl/α,β-unsaturated/α-hetero) is 1. The number of oxime groups is 1. The largest absolute Gasteiger partial charge is 0.410 e. The van der Waals surface area contributed by atoms with Crippen LogP contribution in [0.4, 0.5) is 0 Å². The summed E-state index contributed by atoms with van der Waals surface area (Å²) in [6.45, 7) is 0. The van der Waals surface area contributed by atoms with Crippen molar-refractivity contribution in [2.24, 2.45) is 5.16 Å². The molecule has 1 heterocycles. The maximum Gasteiger partial charge on any atom is 0.245 e. The van der Waals surface area contributed by atoms with Crippen molar-refractivity contribution in [3.63, 3.8) is 0 Å². The third-order valence-corrected chi connectivity index (χ3v) is 1.39. The highest BCUT2D eigenvalue weighted by molar-refractivity contribution is 9.19. The van der Waals surface area contributed by atoms with E-state index in [-0.39, 0.29) is 10.3 Å². The first-order valence-electron chi connectivity index (χ1n) is 2.45. The molecule has 1 aromatic rings. The highest BCUT2D eigenvalue weighted by Gasteiger charge is 2.15. The monoisotopic (exact) mass is 219 g/mol. The van der Waals surface area contributed by atoms with Gasteiger partial charge in [0.15, 0.2) is 10.3 Å². The van der Waals surface area contributed by atoms with E-state index in [1.807, 2.05) is 0 Å². The topological polar surface area (TPSA) is 88.6 Å². The van der Waals surface area contributed by atoms with Gasteiger partial charge in [0.05, 0.1) is 0 Å². The first kappa shape index (κ1) is 7.86. The van der Waals surface area contributed by atoms with Crippen LogP contribution in [0.15, 0.2) is 16.0 Å². The minimum absolute atomic E-state index is 0.0188. The summed E-state index contributed by atoms with van der Waals surface area (Å²) in [6, 6.07) is 0. The molecule has 1 rings (SSSR count). The molecule has 11 heavy (non-hydrogen) atoms. The molecule has 0 saturated heterocycles. The molecule has 0 saturated carbocycles. The van der Waals surface area contributed by atoms with E-state index < -0.39 is 5.78 Å². The Hall–Kier alpha value is -1.24. The summed E-state index contributed by atoms with van der Waals surface area (Å²) in [6.07, 6.45) is 1.12. The SMILES string of the molecule is O=C(C(Br)=NO)c1cnon1. The fourth-order valence-electron chi connectivity index (χ4n) is 0.416. The molecule has 0 aliphatic heterocycles. The average Bonchev–Trinajstić information content (AvgIpc) is 2.53. The molecule has 0 unspecified atom stereocenters. The highest BCUT2D eigenvalue weighted by atomic mass is 79.9. The minimum atomic E-state index is -0.589. The first-order valence-corrected chi connectivity index (χ1v) is 3.25. The Kier molecular flexibility index (Phi) is 2.32. The van der Waals surface area contributed by atoms with Gasteiger partial charge in [-0.1, -0.05) is 10.3 Å². The predicted octanol–water partition coefficient (Wildman–Crippen LogP) is 0.435. The lowest BCUT2D eigenvalue weighted by Gasteiger charge is -1.86. The second kappa shape index (κ2) is 3.24. The quantitative estimate of drug-likeness (QED) is 0.338. The van der Waals surface area contributed by atoms with Crippen molar-refractivity contribution in [1.82, 2.24) is 10.3 Å². The molecule has 1 aromatic heterocycles. The number of hydrogen-bond donors (Lipinski definition) is 1. The maximum absolute atomic E-state index is 10.9. The molecule has 0 bridgehead atoms. The van der Waals surface area contributed by atoms with Crippen molar-refractivity contribution >= 4 is 26.3 Å². The lowest BCUT2D eigenvalue weighted by atomic mass is 10.3. The average molecular weight is 220 g/mol. The van der Waals surface area contributed by atoms with E-state index in [1.54, 1.807) is 0 Å². The number of nitrogens with zero attached hydrogens (tertiary/aromatic N) is 3. The normalized spacial score (nSPS) is 11.5. The van der Waals surface area contributed by atoms with Crippen LogP contribution in [-0.2, 0) is 0 Å². The van der Waals surface area contributed by atoms with Crippen LogP contribution in [0.5, 0.6) is 0 Å². The molecule has 0 radical (unpaired) electrons. The smallest absolute Gasteiger partial charge is 0.245 e. The van der Waals surface area contributed by atoms with Crippen LogP contribution >= 0.6 is 15.9 Å². The van der Waals surface area contributed by atoms with Gasteiger partial charge < -0.3 is 5.21 Å². The number of ketones is 1. The number of halogens is 1. The summed E-state index contributed by atoms with van der Waals surface area (Å²) in [7, 11) is 0. The molecule has 0 aromatic carbocycles. The Balaban J connectivity index is 2.87. The molecule has 0 spiro atoms. The maximum atomic E-state index is 10.9. The van der Waals surface area contributed by atoms with Gasteiger partial charge in [0.1, 0.15) is 6.20 Å². The number of carbonyl (C=O) groups is 1. The number of hydrogen-bond acceptors (Lipinski definition) is 6. The summed E-state index contributed by atoms with van der Waals surface area (Å²) in [4.78, 5) is 10.9. The van der Waals surface area contributed by atoms with Crippen molar-refractivity contribution in [2.45, 2.75) is 0 Å². The third-order valence-electron chi connectivity index (χ3n) is 0.869. The summed E-state index contributed by atoms with van der Waals surface area (Å²) in [5.74, 6) is -0.589. The summed E-state index contributed by atoms with van der Waals surface area (Å²) in [5, 5.41) is 17.2. The summed E-state index contributed by atoms with van der Waals surface area (Å²) >= 11 is 2.70.